The molecule has 0 aliphatic carbocycles. The first-order valence-electron chi connectivity index (χ1n) is 5.86. The Morgan fingerprint density at radius 3 is 2.32 bits per heavy atom. The van der Waals surface area contributed by atoms with Gasteiger partial charge in [0, 0.05) is 12.1 Å². The minimum Gasteiger partial charge on any atom is -0.494 e. The van der Waals surface area contributed by atoms with Crippen LogP contribution in [0.25, 0.3) is 0 Å². The summed E-state index contributed by atoms with van der Waals surface area (Å²) in [5.41, 5.74) is 0.326. The molecule has 0 heterocycles. The van der Waals surface area contributed by atoms with Crippen LogP contribution >= 0.6 is 23.2 Å². The van der Waals surface area contributed by atoms with E-state index in [1.165, 1.54) is 19.2 Å². The van der Waals surface area contributed by atoms with Gasteiger partial charge in [-0.25, -0.2) is 0 Å². The highest BCUT2D eigenvalue weighted by molar-refractivity contribution is 6.37. The maximum atomic E-state index is 11.9. The fourth-order valence-corrected chi connectivity index (χ4v) is 2.06. The third-order valence-electron chi connectivity index (χ3n) is 2.71. The molecule has 0 aliphatic rings. The molecule has 1 aromatic carbocycles. The zero-order chi connectivity index (χ0) is 14.6. The first-order valence-corrected chi connectivity index (χ1v) is 6.61. The number of halogens is 2. The quantitative estimate of drug-likeness (QED) is 0.879. The van der Waals surface area contributed by atoms with Gasteiger partial charge in [0.05, 0.1) is 23.3 Å². The van der Waals surface area contributed by atoms with Gasteiger partial charge in [-0.3, -0.25) is 4.79 Å². The van der Waals surface area contributed by atoms with E-state index in [-0.39, 0.29) is 28.4 Å². The van der Waals surface area contributed by atoms with Gasteiger partial charge in [-0.2, -0.15) is 0 Å². The Morgan fingerprint density at radius 1 is 1.37 bits per heavy atom. The minimum atomic E-state index is -0.590. The molecule has 0 aromatic heterocycles. The summed E-state index contributed by atoms with van der Waals surface area (Å²) in [5, 5.41) is 12.8. The summed E-state index contributed by atoms with van der Waals surface area (Å²) in [7, 11) is 1.45. The highest BCUT2D eigenvalue weighted by Crippen LogP contribution is 2.33. The largest absolute Gasteiger partial charge is 0.494 e. The van der Waals surface area contributed by atoms with Crippen molar-refractivity contribution in [3.05, 3.63) is 27.7 Å². The Kier molecular flexibility index (Phi) is 5.91. The molecular formula is C13H17Cl2NO3. The Bertz CT molecular complexity index is 440. The number of amides is 1. The molecule has 0 spiro atoms. The maximum Gasteiger partial charge on any atom is 0.251 e. The second-order valence-corrected chi connectivity index (χ2v) is 5.31. The van der Waals surface area contributed by atoms with Crippen LogP contribution in [0.5, 0.6) is 5.75 Å². The minimum absolute atomic E-state index is 0.0725. The van der Waals surface area contributed by atoms with E-state index in [1.807, 2.05) is 13.8 Å². The van der Waals surface area contributed by atoms with Gasteiger partial charge in [0.2, 0.25) is 0 Å². The molecule has 1 atom stereocenters. The first-order chi connectivity index (χ1) is 8.86. The molecule has 0 saturated heterocycles. The predicted octanol–water partition coefficient (Wildman–Crippen LogP) is 2.75. The molecule has 19 heavy (non-hydrogen) atoms. The SMILES string of the molecule is COc1c(Cl)cc(C(=O)NCC(O)C(C)C)cc1Cl. The Hall–Kier alpha value is -0.970. The lowest BCUT2D eigenvalue weighted by atomic mass is 10.1. The standard InChI is InChI=1S/C13H17Cl2NO3/c1-7(2)11(17)6-16-13(18)8-4-9(14)12(19-3)10(15)5-8/h4-5,7,11,17H,6H2,1-3H3,(H,16,18). The zero-order valence-corrected chi connectivity index (χ0v) is 12.5. The Morgan fingerprint density at radius 2 is 1.89 bits per heavy atom. The van der Waals surface area contributed by atoms with Crippen LogP contribution in [0.15, 0.2) is 12.1 Å². The van der Waals surface area contributed by atoms with Crippen LogP contribution in [0.1, 0.15) is 24.2 Å². The molecule has 0 fully saturated rings. The molecule has 0 aliphatic heterocycles. The molecule has 4 nitrogen and oxygen atoms in total. The number of aliphatic hydroxyl groups is 1. The van der Waals surface area contributed by atoms with E-state index >= 15 is 0 Å². The van der Waals surface area contributed by atoms with Gasteiger partial charge in [0.25, 0.3) is 5.91 Å². The lowest BCUT2D eigenvalue weighted by molar-refractivity contribution is 0.0871. The van der Waals surface area contributed by atoms with Crippen molar-refractivity contribution in [1.29, 1.82) is 0 Å². The average Bonchev–Trinajstić information content (AvgIpc) is 2.34. The molecule has 1 amide bonds. The first kappa shape index (κ1) is 16.1. The lowest BCUT2D eigenvalue weighted by Gasteiger charge is -2.15. The second kappa shape index (κ2) is 6.98. The van der Waals surface area contributed by atoms with Crippen molar-refractivity contribution in [2.75, 3.05) is 13.7 Å². The third-order valence-corrected chi connectivity index (χ3v) is 3.27. The van der Waals surface area contributed by atoms with Gasteiger partial charge in [0.1, 0.15) is 0 Å². The number of aliphatic hydroxyl groups excluding tert-OH is 1. The molecular weight excluding hydrogens is 289 g/mol. The van der Waals surface area contributed by atoms with Gasteiger partial charge in [-0.1, -0.05) is 37.0 Å². The molecule has 1 unspecified atom stereocenters. The van der Waals surface area contributed by atoms with E-state index in [0.717, 1.165) is 0 Å². The van der Waals surface area contributed by atoms with Gasteiger partial charge in [-0.05, 0) is 18.1 Å². The van der Waals surface area contributed by atoms with Crippen LogP contribution in [0.4, 0.5) is 0 Å². The lowest BCUT2D eigenvalue weighted by Crippen LogP contribution is -2.34. The third kappa shape index (κ3) is 4.27. The normalized spacial score (nSPS) is 12.4. The summed E-state index contributed by atoms with van der Waals surface area (Å²) in [6, 6.07) is 2.95. The fraction of sp³-hybridized carbons (Fsp3) is 0.462. The van der Waals surface area contributed by atoms with Crippen molar-refractivity contribution in [2.24, 2.45) is 5.92 Å². The number of carbonyl (C=O) groups is 1. The van der Waals surface area contributed by atoms with Gasteiger partial charge in [0.15, 0.2) is 5.75 Å². The number of methoxy groups -OCH3 is 1. The van der Waals surface area contributed by atoms with E-state index in [9.17, 15) is 9.90 Å². The van der Waals surface area contributed by atoms with Crippen LogP contribution in [0, 0.1) is 5.92 Å². The van der Waals surface area contributed by atoms with E-state index in [4.69, 9.17) is 27.9 Å². The van der Waals surface area contributed by atoms with Gasteiger partial charge in [-0.15, -0.1) is 0 Å². The van der Waals surface area contributed by atoms with E-state index in [1.54, 1.807) is 0 Å². The molecule has 0 bridgehead atoms. The van der Waals surface area contributed by atoms with Crippen LogP contribution in [-0.2, 0) is 0 Å². The number of carbonyl (C=O) groups excluding carboxylic acids is 1. The Labute approximate surface area is 122 Å². The Balaban J connectivity index is 2.78. The van der Waals surface area contributed by atoms with E-state index < -0.39 is 6.10 Å². The number of ether oxygens (including phenoxy) is 1. The average molecular weight is 306 g/mol. The second-order valence-electron chi connectivity index (χ2n) is 4.49. The number of rotatable bonds is 5. The number of hydrogen-bond acceptors (Lipinski definition) is 3. The molecule has 1 aromatic rings. The van der Waals surface area contributed by atoms with Crippen LogP contribution in [0.2, 0.25) is 10.0 Å². The van der Waals surface area contributed by atoms with Crippen LogP contribution in [0.3, 0.4) is 0 Å². The van der Waals surface area contributed by atoms with Gasteiger partial charge >= 0.3 is 0 Å². The molecule has 1 rings (SSSR count). The molecule has 2 N–H and O–H groups in total. The van der Waals surface area contributed by atoms with E-state index in [0.29, 0.717) is 11.3 Å². The highest BCUT2D eigenvalue weighted by atomic mass is 35.5. The van der Waals surface area contributed by atoms with E-state index in [2.05, 4.69) is 5.32 Å². The fourth-order valence-electron chi connectivity index (χ4n) is 1.42. The molecule has 106 valence electrons. The van der Waals surface area contributed by atoms with Crippen molar-refractivity contribution < 1.29 is 14.6 Å². The molecule has 0 saturated carbocycles. The summed E-state index contributed by atoms with van der Waals surface area (Å²) in [6.45, 7) is 3.92. The topological polar surface area (TPSA) is 58.6 Å². The van der Waals surface area contributed by atoms with Gasteiger partial charge < -0.3 is 15.2 Å². The highest BCUT2D eigenvalue weighted by Gasteiger charge is 2.15. The predicted molar refractivity (Wildman–Crippen MR) is 76.2 cm³/mol. The summed E-state index contributed by atoms with van der Waals surface area (Å²) in [4.78, 5) is 11.9. The van der Waals surface area contributed by atoms with Crippen molar-refractivity contribution in [3.8, 4) is 5.75 Å². The van der Waals surface area contributed by atoms with Crippen LogP contribution < -0.4 is 10.1 Å². The smallest absolute Gasteiger partial charge is 0.251 e. The molecule has 0 radical (unpaired) electrons. The van der Waals surface area contributed by atoms with Crippen LogP contribution in [-0.4, -0.2) is 30.8 Å². The van der Waals surface area contributed by atoms with Crippen molar-refractivity contribution in [3.63, 3.8) is 0 Å². The monoisotopic (exact) mass is 305 g/mol. The number of benzene rings is 1. The number of hydrogen-bond donors (Lipinski definition) is 2. The summed E-state index contributed by atoms with van der Waals surface area (Å²) in [6.07, 6.45) is -0.590. The summed E-state index contributed by atoms with van der Waals surface area (Å²) >= 11 is 11.9. The van der Waals surface area contributed by atoms with Crippen molar-refractivity contribution in [1.82, 2.24) is 5.32 Å². The zero-order valence-electron chi connectivity index (χ0n) is 11.0. The summed E-state index contributed by atoms with van der Waals surface area (Å²) < 4.78 is 5.00. The maximum absolute atomic E-state index is 11.9. The summed E-state index contributed by atoms with van der Waals surface area (Å²) in [5.74, 6) is 0.0663. The van der Waals surface area contributed by atoms with Crippen molar-refractivity contribution >= 4 is 29.1 Å². The van der Waals surface area contributed by atoms with Crippen molar-refractivity contribution in [2.45, 2.75) is 20.0 Å². The number of nitrogens with one attached hydrogen (secondary N) is 1. The molecule has 6 heteroatoms.